The topological polar surface area (TPSA) is 88.8 Å². The molecule has 1 aromatic carbocycles. The maximum atomic E-state index is 13.4. The Morgan fingerprint density at radius 3 is 2.46 bits per heavy atom. The van der Waals surface area contributed by atoms with E-state index in [0.717, 1.165) is 47.7 Å². The van der Waals surface area contributed by atoms with Crippen molar-refractivity contribution in [3.05, 3.63) is 65.9 Å². The molecule has 0 bridgehead atoms. The third-order valence-corrected chi connectivity index (χ3v) is 6.85. The lowest BCUT2D eigenvalue weighted by Crippen LogP contribution is -2.41. The van der Waals surface area contributed by atoms with E-state index in [4.69, 9.17) is 19.8 Å². The Labute approximate surface area is 227 Å². The Bertz CT molecular complexity index is 1470. The standard InChI is InChI=1S/C29H34FN7O2/c1-6-22-27(35(5)24-13-16-31-26(33-24)20-7-9-21(30)10-8-20)37-25(32-22)12-11-23(34-37)19-14-17-36(18-15-19)28(38)39-29(2,3)4/h7-13,16,19H,6,14-15,17-18H2,1-5H3. The van der Waals surface area contributed by atoms with Gasteiger partial charge >= 0.3 is 6.09 Å². The van der Waals surface area contributed by atoms with Crippen LogP contribution in [-0.2, 0) is 11.2 Å². The van der Waals surface area contributed by atoms with Crippen LogP contribution in [-0.4, -0.2) is 61.3 Å². The lowest BCUT2D eigenvalue weighted by Gasteiger charge is -2.33. The molecule has 1 amide bonds. The number of amides is 1. The quantitative estimate of drug-likeness (QED) is 0.323. The van der Waals surface area contributed by atoms with Gasteiger partial charge in [0.05, 0.1) is 11.4 Å². The van der Waals surface area contributed by atoms with Crippen molar-refractivity contribution in [2.45, 2.75) is 58.5 Å². The van der Waals surface area contributed by atoms with Gasteiger partial charge < -0.3 is 14.5 Å². The molecule has 0 spiro atoms. The highest BCUT2D eigenvalue weighted by atomic mass is 19.1. The number of halogens is 1. The molecule has 204 valence electrons. The van der Waals surface area contributed by atoms with Crippen LogP contribution in [0.15, 0.2) is 48.7 Å². The van der Waals surface area contributed by atoms with Crippen molar-refractivity contribution in [1.29, 1.82) is 0 Å². The Morgan fingerprint density at radius 2 is 1.79 bits per heavy atom. The predicted octanol–water partition coefficient (Wildman–Crippen LogP) is 5.77. The van der Waals surface area contributed by atoms with Crippen molar-refractivity contribution >= 4 is 23.4 Å². The van der Waals surface area contributed by atoms with E-state index in [-0.39, 0.29) is 17.8 Å². The Morgan fingerprint density at radius 1 is 1.08 bits per heavy atom. The van der Waals surface area contributed by atoms with Crippen molar-refractivity contribution < 1.29 is 13.9 Å². The summed E-state index contributed by atoms with van der Waals surface area (Å²) < 4.78 is 20.8. The molecular formula is C29H34FN7O2. The molecule has 0 atom stereocenters. The van der Waals surface area contributed by atoms with Crippen LogP contribution in [0.25, 0.3) is 17.0 Å². The van der Waals surface area contributed by atoms with E-state index >= 15 is 0 Å². The van der Waals surface area contributed by atoms with Gasteiger partial charge in [-0.25, -0.2) is 24.1 Å². The monoisotopic (exact) mass is 531 g/mol. The number of ether oxygens (including phenoxy) is 1. The zero-order valence-corrected chi connectivity index (χ0v) is 23.1. The van der Waals surface area contributed by atoms with Crippen LogP contribution < -0.4 is 4.90 Å². The summed E-state index contributed by atoms with van der Waals surface area (Å²) in [5.74, 6) is 1.95. The number of rotatable bonds is 5. The average molecular weight is 532 g/mol. The minimum atomic E-state index is -0.509. The molecule has 3 aromatic heterocycles. The number of hydrogen-bond donors (Lipinski definition) is 0. The summed E-state index contributed by atoms with van der Waals surface area (Å²) >= 11 is 0. The zero-order chi connectivity index (χ0) is 27.7. The minimum absolute atomic E-state index is 0.225. The van der Waals surface area contributed by atoms with Crippen molar-refractivity contribution in [1.82, 2.24) is 29.5 Å². The van der Waals surface area contributed by atoms with Gasteiger partial charge in [-0.3, -0.25) is 0 Å². The van der Waals surface area contributed by atoms with E-state index < -0.39 is 5.60 Å². The summed E-state index contributed by atoms with van der Waals surface area (Å²) in [4.78, 5) is 30.2. The van der Waals surface area contributed by atoms with E-state index in [0.29, 0.717) is 24.7 Å². The average Bonchev–Trinajstić information content (AvgIpc) is 3.30. The molecule has 0 radical (unpaired) electrons. The second kappa shape index (κ2) is 10.6. The fourth-order valence-corrected chi connectivity index (χ4v) is 4.84. The van der Waals surface area contributed by atoms with Gasteiger partial charge in [-0.2, -0.15) is 9.61 Å². The molecule has 0 unspecified atom stereocenters. The molecule has 0 saturated carbocycles. The first-order chi connectivity index (χ1) is 18.6. The molecule has 9 nitrogen and oxygen atoms in total. The first kappa shape index (κ1) is 26.5. The fraction of sp³-hybridized carbons (Fsp3) is 0.414. The molecule has 1 fully saturated rings. The van der Waals surface area contributed by atoms with Gasteiger partial charge in [-0.1, -0.05) is 6.92 Å². The van der Waals surface area contributed by atoms with Crippen LogP contribution in [0.5, 0.6) is 0 Å². The molecule has 39 heavy (non-hydrogen) atoms. The van der Waals surface area contributed by atoms with Gasteiger partial charge in [0.25, 0.3) is 0 Å². The van der Waals surface area contributed by atoms with Crippen LogP contribution in [0.3, 0.4) is 0 Å². The number of benzene rings is 1. The summed E-state index contributed by atoms with van der Waals surface area (Å²) in [5.41, 5.74) is 2.86. The summed E-state index contributed by atoms with van der Waals surface area (Å²) in [6, 6.07) is 12.0. The van der Waals surface area contributed by atoms with Crippen LogP contribution in [0, 0.1) is 5.82 Å². The first-order valence-electron chi connectivity index (χ1n) is 13.3. The summed E-state index contributed by atoms with van der Waals surface area (Å²) in [6.45, 7) is 8.97. The largest absolute Gasteiger partial charge is 0.444 e. The van der Waals surface area contributed by atoms with Gasteiger partial charge in [0, 0.05) is 37.8 Å². The van der Waals surface area contributed by atoms with Crippen LogP contribution in [0.1, 0.15) is 57.8 Å². The van der Waals surface area contributed by atoms with Crippen LogP contribution >= 0.6 is 0 Å². The SMILES string of the molecule is CCc1nc2ccc(C3CCN(C(=O)OC(C)(C)C)CC3)nn2c1N(C)c1ccnc(-c2ccc(F)cc2)n1. The number of piperidine rings is 1. The molecule has 0 N–H and O–H groups in total. The normalized spacial score (nSPS) is 14.6. The van der Waals surface area contributed by atoms with Crippen LogP contribution in [0.4, 0.5) is 20.8 Å². The number of nitrogens with zero attached hydrogens (tertiary/aromatic N) is 7. The van der Waals surface area contributed by atoms with E-state index in [2.05, 4.69) is 11.9 Å². The number of aryl methyl sites for hydroxylation is 1. The predicted molar refractivity (Wildman–Crippen MR) is 148 cm³/mol. The van der Waals surface area contributed by atoms with Crippen molar-refractivity contribution in [3.63, 3.8) is 0 Å². The molecule has 1 aliphatic rings. The molecule has 0 aliphatic carbocycles. The third kappa shape index (κ3) is 5.69. The Kier molecular flexibility index (Phi) is 7.20. The molecule has 5 rings (SSSR count). The number of anilines is 2. The lowest BCUT2D eigenvalue weighted by atomic mass is 9.93. The second-order valence-corrected chi connectivity index (χ2v) is 10.8. The van der Waals surface area contributed by atoms with Gasteiger partial charge in [0.15, 0.2) is 17.3 Å². The summed E-state index contributed by atoms with van der Waals surface area (Å²) in [6.07, 6.45) is 3.78. The number of likely N-dealkylation sites (tertiary alicyclic amines) is 1. The lowest BCUT2D eigenvalue weighted by molar-refractivity contribution is 0.0204. The van der Waals surface area contributed by atoms with Crippen molar-refractivity contribution in [2.75, 3.05) is 25.0 Å². The maximum absolute atomic E-state index is 13.4. The van der Waals surface area contributed by atoms with Crippen molar-refractivity contribution in [2.24, 2.45) is 0 Å². The van der Waals surface area contributed by atoms with E-state index in [1.54, 1.807) is 23.2 Å². The molecule has 10 heteroatoms. The number of carbonyl (C=O) groups excluding carboxylic acids is 1. The smallest absolute Gasteiger partial charge is 0.410 e. The number of carbonyl (C=O) groups is 1. The highest BCUT2D eigenvalue weighted by Crippen LogP contribution is 2.31. The first-order valence-corrected chi connectivity index (χ1v) is 13.3. The van der Waals surface area contributed by atoms with Crippen LogP contribution in [0.2, 0.25) is 0 Å². The minimum Gasteiger partial charge on any atom is -0.444 e. The molecule has 1 saturated heterocycles. The van der Waals surface area contributed by atoms with Crippen molar-refractivity contribution in [3.8, 4) is 11.4 Å². The molecular weight excluding hydrogens is 497 g/mol. The highest BCUT2D eigenvalue weighted by molar-refractivity contribution is 5.68. The van der Waals surface area contributed by atoms with E-state index in [9.17, 15) is 9.18 Å². The number of hydrogen-bond acceptors (Lipinski definition) is 7. The fourth-order valence-electron chi connectivity index (χ4n) is 4.84. The zero-order valence-electron chi connectivity index (χ0n) is 23.1. The summed E-state index contributed by atoms with van der Waals surface area (Å²) in [7, 11) is 1.94. The molecule has 4 heterocycles. The van der Waals surface area contributed by atoms with Gasteiger partial charge in [-0.05, 0) is 82.5 Å². The van der Waals surface area contributed by atoms with Gasteiger partial charge in [0.2, 0.25) is 0 Å². The number of imidazole rings is 1. The summed E-state index contributed by atoms with van der Waals surface area (Å²) in [5, 5.41) is 5.03. The Balaban J connectivity index is 1.41. The van der Waals surface area contributed by atoms with Gasteiger partial charge in [-0.15, -0.1) is 0 Å². The van der Waals surface area contributed by atoms with Gasteiger partial charge in [0.1, 0.15) is 17.2 Å². The number of fused-ring (bicyclic) bond motifs is 1. The second-order valence-electron chi connectivity index (χ2n) is 10.8. The maximum Gasteiger partial charge on any atom is 0.410 e. The van der Waals surface area contributed by atoms with E-state index in [1.807, 2.05) is 55.4 Å². The number of aromatic nitrogens is 5. The molecule has 4 aromatic rings. The van der Waals surface area contributed by atoms with E-state index in [1.165, 1.54) is 12.1 Å². The molecule has 1 aliphatic heterocycles. The Hall–Kier alpha value is -4.08. The highest BCUT2D eigenvalue weighted by Gasteiger charge is 2.29. The third-order valence-electron chi connectivity index (χ3n) is 6.85.